The number of rotatable bonds is 3. The molecule has 5 nitrogen and oxygen atoms in total. The van der Waals surface area contributed by atoms with Crippen LogP contribution in [0.15, 0.2) is 47.5 Å². The number of hydrogen-bond acceptors (Lipinski definition) is 4. The summed E-state index contributed by atoms with van der Waals surface area (Å²) in [6, 6.07) is 11.2. The molecule has 0 radical (unpaired) electrons. The average molecular weight is 350 g/mol. The lowest BCUT2D eigenvalue weighted by molar-refractivity contribution is -0.0351. The van der Waals surface area contributed by atoms with Crippen molar-refractivity contribution in [2.75, 3.05) is 6.54 Å². The first-order chi connectivity index (χ1) is 10.9. The molecule has 1 aromatic carbocycles. The molecule has 2 heterocycles. The molecule has 0 spiro atoms. The van der Waals surface area contributed by atoms with Gasteiger partial charge in [-0.05, 0) is 33.2 Å². The molecule has 1 aliphatic rings. The van der Waals surface area contributed by atoms with Crippen molar-refractivity contribution in [1.82, 2.24) is 14.9 Å². The Hall–Kier alpha value is -1.69. The summed E-state index contributed by atoms with van der Waals surface area (Å²) in [7, 11) is 0. The predicted molar refractivity (Wildman–Crippen MR) is 97.4 cm³/mol. The molecule has 1 aromatic heterocycles. The molecule has 3 rings (SSSR count). The van der Waals surface area contributed by atoms with E-state index in [-0.39, 0.29) is 30.0 Å². The van der Waals surface area contributed by atoms with Crippen LogP contribution >= 0.6 is 12.4 Å². The van der Waals surface area contributed by atoms with Crippen molar-refractivity contribution in [3.8, 4) is 11.3 Å². The molecule has 1 fully saturated rings. The van der Waals surface area contributed by atoms with Crippen LogP contribution in [0, 0.1) is 0 Å². The first-order valence-corrected chi connectivity index (χ1v) is 7.96. The van der Waals surface area contributed by atoms with Gasteiger partial charge in [-0.3, -0.25) is 9.36 Å². The van der Waals surface area contributed by atoms with Crippen LogP contribution in [0.5, 0.6) is 0 Å². The molecule has 0 saturated carbocycles. The van der Waals surface area contributed by atoms with Gasteiger partial charge in [-0.1, -0.05) is 30.3 Å². The normalized spacial score (nSPS) is 22.6. The molecule has 6 heteroatoms. The van der Waals surface area contributed by atoms with Crippen molar-refractivity contribution >= 4 is 12.4 Å². The van der Waals surface area contributed by atoms with Crippen LogP contribution in [0.25, 0.3) is 11.3 Å². The average Bonchev–Trinajstić information content (AvgIpc) is 2.49. The number of hydrogen-bond donors (Lipinski definition) is 2. The van der Waals surface area contributed by atoms with Gasteiger partial charge in [-0.15, -0.1) is 12.4 Å². The summed E-state index contributed by atoms with van der Waals surface area (Å²) in [5.74, 6) is 0. The Kier molecular flexibility index (Phi) is 5.48. The van der Waals surface area contributed by atoms with Crippen molar-refractivity contribution in [3.63, 3.8) is 0 Å². The Labute approximate surface area is 148 Å². The van der Waals surface area contributed by atoms with Gasteiger partial charge in [-0.2, -0.15) is 0 Å². The quantitative estimate of drug-likeness (QED) is 0.891. The maximum absolute atomic E-state index is 12.4. The fraction of sp³-hybridized carbons (Fsp3) is 0.444. The lowest BCUT2D eigenvalue weighted by atomic mass is 9.81. The highest BCUT2D eigenvalue weighted by atomic mass is 35.5. The largest absolute Gasteiger partial charge is 0.388 e. The van der Waals surface area contributed by atoms with Crippen molar-refractivity contribution in [2.45, 2.75) is 44.4 Å². The molecule has 130 valence electrons. The van der Waals surface area contributed by atoms with E-state index in [0.29, 0.717) is 18.5 Å². The number of benzene rings is 1. The standard InChI is InChI=1S/C18H23N3O2.ClH/c1-17(2)11-18(23,8-9-20-17)12-21-13-19-15(10-16(21)22)14-6-4-3-5-7-14;/h3-7,10,13,20,23H,8-9,11-12H2,1-2H3;1H/t18-;/m0./s1. The molecule has 1 atom stereocenters. The zero-order chi connectivity index (χ0) is 16.5. The summed E-state index contributed by atoms with van der Waals surface area (Å²) in [4.78, 5) is 16.8. The van der Waals surface area contributed by atoms with Gasteiger partial charge in [0.15, 0.2) is 0 Å². The Morgan fingerprint density at radius 2 is 2.00 bits per heavy atom. The molecular weight excluding hydrogens is 326 g/mol. The second kappa shape index (κ2) is 7.05. The van der Waals surface area contributed by atoms with E-state index in [1.165, 1.54) is 17.0 Å². The topological polar surface area (TPSA) is 67.1 Å². The molecule has 1 saturated heterocycles. The number of nitrogens with one attached hydrogen (secondary N) is 1. The Morgan fingerprint density at radius 3 is 2.62 bits per heavy atom. The minimum absolute atomic E-state index is 0. The van der Waals surface area contributed by atoms with Crippen molar-refractivity contribution in [1.29, 1.82) is 0 Å². The zero-order valence-corrected chi connectivity index (χ0v) is 14.8. The number of nitrogens with zero attached hydrogens (tertiary/aromatic N) is 2. The third kappa shape index (κ3) is 4.23. The van der Waals surface area contributed by atoms with Crippen LogP contribution in [-0.2, 0) is 6.54 Å². The lowest BCUT2D eigenvalue weighted by Gasteiger charge is -2.42. The lowest BCUT2D eigenvalue weighted by Crippen LogP contribution is -2.56. The summed E-state index contributed by atoms with van der Waals surface area (Å²) in [5.41, 5.74) is 0.425. The maximum Gasteiger partial charge on any atom is 0.253 e. The summed E-state index contributed by atoms with van der Waals surface area (Å²) in [5, 5.41) is 14.2. The van der Waals surface area contributed by atoms with E-state index in [9.17, 15) is 9.90 Å². The van der Waals surface area contributed by atoms with Gasteiger partial charge < -0.3 is 10.4 Å². The smallest absolute Gasteiger partial charge is 0.253 e. The molecule has 0 unspecified atom stereocenters. The van der Waals surface area contributed by atoms with Gasteiger partial charge in [-0.25, -0.2) is 4.98 Å². The van der Waals surface area contributed by atoms with Gasteiger partial charge in [0.05, 0.1) is 24.2 Å². The van der Waals surface area contributed by atoms with Gasteiger partial charge in [0, 0.05) is 17.2 Å². The van der Waals surface area contributed by atoms with E-state index >= 15 is 0 Å². The highest BCUT2D eigenvalue weighted by Gasteiger charge is 2.38. The highest BCUT2D eigenvalue weighted by molar-refractivity contribution is 5.85. The molecule has 0 amide bonds. The Balaban J connectivity index is 0.00000208. The van der Waals surface area contributed by atoms with E-state index in [1.807, 2.05) is 30.3 Å². The number of piperidine rings is 1. The van der Waals surface area contributed by atoms with Gasteiger partial charge in [0.1, 0.15) is 0 Å². The zero-order valence-electron chi connectivity index (χ0n) is 14.0. The summed E-state index contributed by atoms with van der Waals surface area (Å²) in [6.45, 7) is 5.15. The number of aliphatic hydroxyl groups is 1. The summed E-state index contributed by atoms with van der Waals surface area (Å²) >= 11 is 0. The van der Waals surface area contributed by atoms with Gasteiger partial charge in [0.2, 0.25) is 0 Å². The molecule has 2 N–H and O–H groups in total. The first-order valence-electron chi connectivity index (χ1n) is 7.96. The minimum atomic E-state index is -0.880. The van der Waals surface area contributed by atoms with Crippen LogP contribution in [0.4, 0.5) is 0 Å². The fourth-order valence-electron chi connectivity index (χ4n) is 3.37. The molecule has 0 aliphatic carbocycles. The second-order valence-electron chi connectivity index (χ2n) is 7.07. The van der Waals surface area contributed by atoms with Crippen LogP contribution in [0.2, 0.25) is 0 Å². The van der Waals surface area contributed by atoms with E-state index < -0.39 is 5.60 Å². The number of halogens is 1. The van der Waals surface area contributed by atoms with Gasteiger partial charge in [0.25, 0.3) is 5.56 Å². The second-order valence-corrected chi connectivity index (χ2v) is 7.07. The first kappa shape index (κ1) is 18.6. The van der Waals surface area contributed by atoms with E-state index in [4.69, 9.17) is 0 Å². The Morgan fingerprint density at radius 1 is 1.29 bits per heavy atom. The number of aromatic nitrogens is 2. The SMILES string of the molecule is CC1(C)C[C@](O)(Cn2cnc(-c3ccccc3)cc2=O)CCN1.Cl. The van der Waals surface area contributed by atoms with E-state index in [0.717, 1.165) is 12.1 Å². The fourth-order valence-corrected chi connectivity index (χ4v) is 3.37. The summed E-state index contributed by atoms with van der Waals surface area (Å²) < 4.78 is 1.51. The maximum atomic E-state index is 12.4. The molecule has 24 heavy (non-hydrogen) atoms. The van der Waals surface area contributed by atoms with E-state index in [2.05, 4.69) is 24.1 Å². The monoisotopic (exact) mass is 349 g/mol. The molecule has 0 bridgehead atoms. The third-order valence-electron chi connectivity index (χ3n) is 4.38. The molecular formula is C18H24ClN3O2. The molecule has 1 aliphatic heterocycles. The van der Waals surface area contributed by atoms with Crippen LogP contribution < -0.4 is 10.9 Å². The van der Waals surface area contributed by atoms with Crippen LogP contribution in [-0.4, -0.2) is 32.3 Å². The minimum Gasteiger partial charge on any atom is -0.388 e. The van der Waals surface area contributed by atoms with Crippen molar-refractivity contribution in [3.05, 3.63) is 53.1 Å². The summed E-state index contributed by atoms with van der Waals surface area (Å²) in [6.07, 6.45) is 2.77. The highest BCUT2D eigenvalue weighted by Crippen LogP contribution is 2.29. The van der Waals surface area contributed by atoms with Crippen molar-refractivity contribution < 1.29 is 5.11 Å². The van der Waals surface area contributed by atoms with E-state index in [1.54, 1.807) is 0 Å². The molecule has 2 aromatic rings. The van der Waals surface area contributed by atoms with Crippen molar-refractivity contribution in [2.24, 2.45) is 0 Å². The van der Waals surface area contributed by atoms with Crippen LogP contribution in [0.3, 0.4) is 0 Å². The predicted octanol–water partition coefficient (Wildman–Crippen LogP) is 2.23. The Bertz CT molecular complexity index is 745. The third-order valence-corrected chi connectivity index (χ3v) is 4.38. The van der Waals surface area contributed by atoms with Crippen LogP contribution in [0.1, 0.15) is 26.7 Å². The van der Waals surface area contributed by atoms with Gasteiger partial charge >= 0.3 is 0 Å².